The molecule has 5 heteroatoms. The van der Waals surface area contributed by atoms with Gasteiger partial charge in [0.25, 0.3) is 5.91 Å². The number of nitrogens with two attached hydrogens (primary N) is 1. The van der Waals surface area contributed by atoms with Crippen molar-refractivity contribution in [2.24, 2.45) is 5.73 Å². The number of aromatic nitrogens is 1. The molecule has 0 aromatic carbocycles. The molecule has 18 heavy (non-hydrogen) atoms. The van der Waals surface area contributed by atoms with Crippen molar-refractivity contribution in [1.82, 2.24) is 9.88 Å². The SMILES string of the molecule is CCN(CC)CCCNc1ncccc1C(N)=O. The first kappa shape index (κ1) is 14.4. The summed E-state index contributed by atoms with van der Waals surface area (Å²) in [5.41, 5.74) is 5.73. The van der Waals surface area contributed by atoms with E-state index >= 15 is 0 Å². The molecule has 0 aliphatic carbocycles. The van der Waals surface area contributed by atoms with Gasteiger partial charge in [-0.05, 0) is 38.2 Å². The molecule has 1 heterocycles. The number of carbonyl (C=O) groups excluding carboxylic acids is 1. The standard InChI is InChI=1S/C13H22N4O/c1-3-17(4-2)10-6-9-16-13-11(12(14)18)7-5-8-15-13/h5,7-8H,3-4,6,9-10H2,1-2H3,(H2,14,18)(H,15,16). The van der Waals surface area contributed by atoms with Gasteiger partial charge in [0, 0.05) is 12.7 Å². The lowest BCUT2D eigenvalue weighted by molar-refractivity contribution is 0.100. The Kier molecular flexibility index (Phi) is 6.14. The number of nitrogens with one attached hydrogen (secondary N) is 1. The molecule has 5 nitrogen and oxygen atoms in total. The molecule has 1 amide bonds. The summed E-state index contributed by atoms with van der Waals surface area (Å²) in [7, 11) is 0. The van der Waals surface area contributed by atoms with Crippen LogP contribution in [-0.2, 0) is 0 Å². The number of hydrogen-bond donors (Lipinski definition) is 2. The average molecular weight is 250 g/mol. The van der Waals surface area contributed by atoms with Crippen LogP contribution in [0.5, 0.6) is 0 Å². The van der Waals surface area contributed by atoms with Gasteiger partial charge in [-0.1, -0.05) is 13.8 Å². The third-order valence-electron chi connectivity index (χ3n) is 2.91. The second kappa shape index (κ2) is 7.66. The highest BCUT2D eigenvalue weighted by atomic mass is 16.1. The normalized spacial score (nSPS) is 10.6. The predicted molar refractivity (Wildman–Crippen MR) is 73.6 cm³/mol. The van der Waals surface area contributed by atoms with Gasteiger partial charge in [0.1, 0.15) is 5.82 Å². The Bertz CT molecular complexity index is 377. The van der Waals surface area contributed by atoms with E-state index in [4.69, 9.17) is 5.73 Å². The fourth-order valence-corrected chi connectivity index (χ4v) is 1.79. The highest BCUT2D eigenvalue weighted by Crippen LogP contribution is 2.10. The Morgan fingerprint density at radius 3 is 2.78 bits per heavy atom. The van der Waals surface area contributed by atoms with E-state index in [1.54, 1.807) is 18.3 Å². The zero-order valence-corrected chi connectivity index (χ0v) is 11.1. The van der Waals surface area contributed by atoms with Gasteiger partial charge in [0.2, 0.25) is 0 Å². The topological polar surface area (TPSA) is 71.2 Å². The first-order chi connectivity index (χ1) is 8.69. The fourth-order valence-electron chi connectivity index (χ4n) is 1.79. The summed E-state index contributed by atoms with van der Waals surface area (Å²) in [4.78, 5) is 17.7. The Morgan fingerprint density at radius 1 is 1.44 bits per heavy atom. The van der Waals surface area contributed by atoms with E-state index in [2.05, 4.69) is 29.0 Å². The van der Waals surface area contributed by atoms with Crippen molar-refractivity contribution in [2.45, 2.75) is 20.3 Å². The smallest absolute Gasteiger partial charge is 0.252 e. The number of anilines is 1. The lowest BCUT2D eigenvalue weighted by Crippen LogP contribution is -2.25. The summed E-state index contributed by atoms with van der Waals surface area (Å²) in [5, 5.41) is 3.16. The molecule has 0 saturated heterocycles. The van der Waals surface area contributed by atoms with Crippen LogP contribution in [0.4, 0.5) is 5.82 Å². The van der Waals surface area contributed by atoms with Crippen LogP contribution in [0.3, 0.4) is 0 Å². The summed E-state index contributed by atoms with van der Waals surface area (Å²) >= 11 is 0. The predicted octanol–water partition coefficient (Wildman–Crippen LogP) is 1.32. The van der Waals surface area contributed by atoms with Gasteiger partial charge in [-0.2, -0.15) is 0 Å². The number of hydrogen-bond acceptors (Lipinski definition) is 4. The highest BCUT2D eigenvalue weighted by Gasteiger charge is 2.07. The van der Waals surface area contributed by atoms with E-state index in [0.29, 0.717) is 11.4 Å². The molecular formula is C13H22N4O. The second-order valence-corrected chi connectivity index (χ2v) is 4.07. The molecule has 3 N–H and O–H groups in total. The third kappa shape index (κ3) is 4.33. The number of amides is 1. The van der Waals surface area contributed by atoms with Gasteiger partial charge in [0.15, 0.2) is 0 Å². The van der Waals surface area contributed by atoms with E-state index in [1.165, 1.54) is 0 Å². The Morgan fingerprint density at radius 2 is 2.17 bits per heavy atom. The highest BCUT2D eigenvalue weighted by molar-refractivity contribution is 5.97. The van der Waals surface area contributed by atoms with E-state index < -0.39 is 5.91 Å². The Labute approximate surface area is 108 Å². The van der Waals surface area contributed by atoms with Crippen LogP contribution in [0.1, 0.15) is 30.6 Å². The van der Waals surface area contributed by atoms with Crippen molar-refractivity contribution >= 4 is 11.7 Å². The summed E-state index contributed by atoms with van der Waals surface area (Å²) in [6, 6.07) is 3.39. The second-order valence-electron chi connectivity index (χ2n) is 4.07. The van der Waals surface area contributed by atoms with E-state index in [1.807, 2.05) is 0 Å². The number of pyridine rings is 1. The van der Waals surface area contributed by atoms with Gasteiger partial charge in [-0.25, -0.2) is 4.98 Å². The Hall–Kier alpha value is -1.62. The number of carbonyl (C=O) groups is 1. The summed E-state index contributed by atoms with van der Waals surface area (Å²) in [6.45, 7) is 8.26. The number of nitrogens with zero attached hydrogens (tertiary/aromatic N) is 2. The monoisotopic (exact) mass is 250 g/mol. The first-order valence-electron chi connectivity index (χ1n) is 6.40. The largest absolute Gasteiger partial charge is 0.369 e. The molecule has 1 aromatic heterocycles. The first-order valence-corrected chi connectivity index (χ1v) is 6.40. The number of rotatable bonds is 8. The van der Waals surface area contributed by atoms with Gasteiger partial charge in [-0.15, -0.1) is 0 Å². The van der Waals surface area contributed by atoms with Crippen LogP contribution in [0, 0.1) is 0 Å². The van der Waals surface area contributed by atoms with Crippen LogP contribution in [0.25, 0.3) is 0 Å². The van der Waals surface area contributed by atoms with Crippen molar-refractivity contribution < 1.29 is 4.79 Å². The minimum atomic E-state index is -0.450. The van der Waals surface area contributed by atoms with Crippen molar-refractivity contribution in [1.29, 1.82) is 0 Å². The van der Waals surface area contributed by atoms with Crippen molar-refractivity contribution in [3.63, 3.8) is 0 Å². The molecule has 0 unspecified atom stereocenters. The maximum atomic E-state index is 11.2. The molecule has 0 aliphatic heterocycles. The van der Waals surface area contributed by atoms with E-state index in [9.17, 15) is 4.79 Å². The number of primary amides is 1. The zero-order chi connectivity index (χ0) is 13.4. The summed E-state index contributed by atoms with van der Waals surface area (Å²) in [6.07, 6.45) is 2.66. The van der Waals surface area contributed by atoms with Gasteiger partial charge < -0.3 is 16.0 Å². The summed E-state index contributed by atoms with van der Waals surface area (Å²) < 4.78 is 0. The maximum absolute atomic E-state index is 11.2. The van der Waals surface area contributed by atoms with E-state index in [-0.39, 0.29) is 0 Å². The van der Waals surface area contributed by atoms with Gasteiger partial charge in [-0.3, -0.25) is 4.79 Å². The lowest BCUT2D eigenvalue weighted by atomic mass is 10.2. The van der Waals surface area contributed by atoms with Crippen molar-refractivity contribution in [3.8, 4) is 0 Å². The van der Waals surface area contributed by atoms with Crippen LogP contribution in [0.15, 0.2) is 18.3 Å². The third-order valence-corrected chi connectivity index (χ3v) is 2.91. The quantitative estimate of drug-likeness (QED) is 0.683. The van der Waals surface area contributed by atoms with Crippen molar-refractivity contribution in [3.05, 3.63) is 23.9 Å². The molecule has 0 bridgehead atoms. The summed E-state index contributed by atoms with van der Waals surface area (Å²) in [5.74, 6) is 0.124. The van der Waals surface area contributed by atoms with Gasteiger partial charge in [0.05, 0.1) is 5.56 Å². The molecule has 0 saturated carbocycles. The minimum absolute atomic E-state index is 0.445. The molecule has 1 rings (SSSR count). The van der Waals surface area contributed by atoms with E-state index in [0.717, 1.165) is 32.6 Å². The van der Waals surface area contributed by atoms with Crippen molar-refractivity contribution in [2.75, 3.05) is 31.5 Å². The van der Waals surface area contributed by atoms with Crippen LogP contribution in [-0.4, -0.2) is 42.0 Å². The van der Waals surface area contributed by atoms with Crippen LogP contribution in [0.2, 0.25) is 0 Å². The molecule has 0 atom stereocenters. The van der Waals surface area contributed by atoms with Gasteiger partial charge >= 0.3 is 0 Å². The maximum Gasteiger partial charge on any atom is 0.252 e. The molecule has 1 aromatic rings. The molecule has 0 spiro atoms. The lowest BCUT2D eigenvalue weighted by Gasteiger charge is -2.18. The molecule has 100 valence electrons. The molecule has 0 radical (unpaired) electrons. The zero-order valence-electron chi connectivity index (χ0n) is 11.1. The van der Waals surface area contributed by atoms with Crippen LogP contribution < -0.4 is 11.1 Å². The fraction of sp³-hybridized carbons (Fsp3) is 0.538. The molecular weight excluding hydrogens is 228 g/mol. The van der Waals surface area contributed by atoms with Crippen LogP contribution >= 0.6 is 0 Å². The Balaban J connectivity index is 2.42. The average Bonchev–Trinajstić information content (AvgIpc) is 2.39. The molecule has 0 fully saturated rings. The molecule has 0 aliphatic rings. The minimum Gasteiger partial charge on any atom is -0.369 e.